The Hall–Kier alpha value is -0.710. The summed E-state index contributed by atoms with van der Waals surface area (Å²) in [5.41, 5.74) is 1.16. The van der Waals surface area contributed by atoms with E-state index in [-0.39, 0.29) is 30.4 Å². The van der Waals surface area contributed by atoms with Gasteiger partial charge in [-0.25, -0.2) is 0 Å². The molecule has 0 aliphatic carbocycles. The molecule has 1 amide bonds. The third-order valence-corrected chi connectivity index (χ3v) is 4.57. The van der Waals surface area contributed by atoms with E-state index in [4.69, 9.17) is 0 Å². The second kappa shape index (κ2) is 9.34. The number of benzene rings is 1. The molecule has 1 fully saturated rings. The van der Waals surface area contributed by atoms with Crippen molar-refractivity contribution in [1.29, 1.82) is 0 Å². The average molecular weight is 329 g/mol. The fourth-order valence-electron chi connectivity index (χ4n) is 2.49. The zero-order valence-corrected chi connectivity index (χ0v) is 14.4. The number of rotatable bonds is 5. The molecule has 2 atom stereocenters. The van der Waals surface area contributed by atoms with E-state index in [1.165, 1.54) is 11.3 Å². The van der Waals surface area contributed by atoms with Gasteiger partial charge in [-0.1, -0.05) is 25.5 Å². The number of carbonyl (C=O) groups excluding carboxylic acids is 1. The second-order valence-corrected chi connectivity index (χ2v) is 6.57. The predicted molar refractivity (Wildman–Crippen MR) is 92.3 cm³/mol. The lowest BCUT2D eigenvalue weighted by Crippen LogP contribution is -2.47. The first-order valence-corrected chi connectivity index (χ1v) is 8.45. The first-order chi connectivity index (χ1) is 9.70. The normalized spacial score (nSPS) is 19.4. The largest absolute Gasteiger partial charge is 0.348 e. The Morgan fingerprint density at radius 2 is 2.10 bits per heavy atom. The van der Waals surface area contributed by atoms with Gasteiger partial charge in [0.25, 0.3) is 0 Å². The summed E-state index contributed by atoms with van der Waals surface area (Å²) in [4.78, 5) is 13.5. The molecule has 0 aromatic heterocycles. The van der Waals surface area contributed by atoms with Crippen LogP contribution in [0.15, 0.2) is 29.2 Å². The highest BCUT2D eigenvalue weighted by Crippen LogP contribution is 2.21. The smallest absolute Gasteiger partial charge is 0.237 e. The Kier molecular flexibility index (Phi) is 8.15. The molecule has 2 rings (SSSR count). The predicted octanol–water partition coefficient (Wildman–Crippen LogP) is 3.54. The summed E-state index contributed by atoms with van der Waals surface area (Å²) < 4.78 is 0. The molecule has 1 aliphatic rings. The van der Waals surface area contributed by atoms with Crippen LogP contribution in [0, 0.1) is 0 Å². The first kappa shape index (κ1) is 18.3. The fraction of sp³-hybridized carbons (Fsp3) is 0.562. The Balaban J connectivity index is 0.00000220. The van der Waals surface area contributed by atoms with E-state index in [0.717, 1.165) is 30.7 Å². The lowest BCUT2D eigenvalue weighted by Gasteiger charge is -2.24. The van der Waals surface area contributed by atoms with Crippen LogP contribution in [0.5, 0.6) is 0 Å². The minimum atomic E-state index is -0.0129. The molecule has 3 nitrogen and oxygen atoms in total. The molecule has 2 N–H and O–H groups in total. The van der Waals surface area contributed by atoms with Crippen LogP contribution in [0.3, 0.4) is 0 Å². The SMILES string of the molecule is CCSc1ccc(C(C)NC(=O)C2CCCCN2)cc1.Cl. The molecule has 1 aliphatic heterocycles. The second-order valence-electron chi connectivity index (χ2n) is 5.23. The highest BCUT2D eigenvalue weighted by molar-refractivity contribution is 7.99. The van der Waals surface area contributed by atoms with Crippen LogP contribution in [-0.2, 0) is 4.79 Å². The van der Waals surface area contributed by atoms with E-state index in [1.807, 2.05) is 18.7 Å². The van der Waals surface area contributed by atoms with Crippen LogP contribution in [0.2, 0.25) is 0 Å². The number of amides is 1. The maximum absolute atomic E-state index is 12.2. The molecule has 1 aromatic rings. The van der Waals surface area contributed by atoms with Gasteiger partial charge in [0, 0.05) is 4.90 Å². The van der Waals surface area contributed by atoms with Gasteiger partial charge in [-0.15, -0.1) is 24.2 Å². The Morgan fingerprint density at radius 1 is 1.38 bits per heavy atom. The Labute approximate surface area is 138 Å². The molecule has 0 bridgehead atoms. The van der Waals surface area contributed by atoms with Crippen molar-refractivity contribution in [3.8, 4) is 0 Å². The number of hydrogen-bond donors (Lipinski definition) is 2. The molecule has 1 saturated heterocycles. The molecule has 21 heavy (non-hydrogen) atoms. The molecule has 5 heteroatoms. The van der Waals surface area contributed by atoms with Gasteiger partial charge in [0.1, 0.15) is 0 Å². The third-order valence-electron chi connectivity index (χ3n) is 3.68. The van der Waals surface area contributed by atoms with Gasteiger partial charge in [-0.2, -0.15) is 0 Å². The van der Waals surface area contributed by atoms with Crippen molar-refractivity contribution in [3.05, 3.63) is 29.8 Å². The minimum Gasteiger partial charge on any atom is -0.348 e. The van der Waals surface area contributed by atoms with Crippen molar-refractivity contribution in [2.24, 2.45) is 0 Å². The summed E-state index contributed by atoms with van der Waals surface area (Å²) in [5, 5.41) is 6.40. The van der Waals surface area contributed by atoms with Crippen molar-refractivity contribution < 1.29 is 4.79 Å². The standard InChI is InChI=1S/C16H24N2OS.ClH/c1-3-20-14-9-7-13(8-10-14)12(2)18-16(19)15-6-4-5-11-17-15;/h7-10,12,15,17H,3-6,11H2,1-2H3,(H,18,19);1H. The Bertz CT molecular complexity index is 432. The van der Waals surface area contributed by atoms with Gasteiger partial charge in [0.15, 0.2) is 0 Å². The molecule has 118 valence electrons. The maximum atomic E-state index is 12.2. The number of thioether (sulfide) groups is 1. The van der Waals surface area contributed by atoms with Crippen LogP contribution in [0.1, 0.15) is 44.7 Å². The van der Waals surface area contributed by atoms with Gasteiger partial charge in [-0.05, 0) is 49.8 Å². The highest BCUT2D eigenvalue weighted by Gasteiger charge is 2.21. The summed E-state index contributed by atoms with van der Waals surface area (Å²) in [6, 6.07) is 8.53. The van der Waals surface area contributed by atoms with Crippen LogP contribution in [0.4, 0.5) is 0 Å². The van der Waals surface area contributed by atoms with E-state index >= 15 is 0 Å². The van der Waals surface area contributed by atoms with Crippen molar-refractivity contribution in [2.75, 3.05) is 12.3 Å². The molecule has 1 aromatic carbocycles. The van der Waals surface area contributed by atoms with Gasteiger partial charge in [0.05, 0.1) is 12.1 Å². The monoisotopic (exact) mass is 328 g/mol. The molecular weight excluding hydrogens is 304 g/mol. The lowest BCUT2D eigenvalue weighted by molar-refractivity contribution is -0.124. The molecular formula is C16H25ClN2OS. The van der Waals surface area contributed by atoms with Gasteiger partial charge >= 0.3 is 0 Å². The minimum absolute atomic E-state index is 0. The topological polar surface area (TPSA) is 41.1 Å². The number of hydrogen-bond acceptors (Lipinski definition) is 3. The summed E-state index contributed by atoms with van der Waals surface area (Å²) in [6.07, 6.45) is 3.27. The number of piperidine rings is 1. The molecule has 0 saturated carbocycles. The molecule has 0 radical (unpaired) electrons. The summed E-state index contributed by atoms with van der Waals surface area (Å²) in [7, 11) is 0. The third kappa shape index (κ3) is 5.53. The van der Waals surface area contributed by atoms with E-state index in [1.54, 1.807) is 0 Å². The number of carbonyl (C=O) groups is 1. The highest BCUT2D eigenvalue weighted by atomic mass is 35.5. The lowest BCUT2D eigenvalue weighted by atomic mass is 10.0. The quantitative estimate of drug-likeness (QED) is 0.812. The summed E-state index contributed by atoms with van der Waals surface area (Å²) in [5.74, 6) is 1.21. The van der Waals surface area contributed by atoms with Crippen molar-refractivity contribution in [2.45, 2.75) is 50.1 Å². The van der Waals surface area contributed by atoms with Gasteiger partial charge < -0.3 is 10.6 Å². The zero-order chi connectivity index (χ0) is 14.4. The first-order valence-electron chi connectivity index (χ1n) is 7.47. The Morgan fingerprint density at radius 3 is 2.67 bits per heavy atom. The van der Waals surface area contributed by atoms with Crippen molar-refractivity contribution in [3.63, 3.8) is 0 Å². The van der Waals surface area contributed by atoms with E-state index < -0.39 is 0 Å². The maximum Gasteiger partial charge on any atom is 0.237 e. The summed E-state index contributed by atoms with van der Waals surface area (Å²) in [6.45, 7) is 5.15. The van der Waals surface area contributed by atoms with Crippen LogP contribution in [0.25, 0.3) is 0 Å². The van der Waals surface area contributed by atoms with E-state index in [9.17, 15) is 4.79 Å². The van der Waals surface area contributed by atoms with Crippen LogP contribution in [-0.4, -0.2) is 24.2 Å². The van der Waals surface area contributed by atoms with Gasteiger partial charge in [0.2, 0.25) is 5.91 Å². The fourth-order valence-corrected chi connectivity index (χ4v) is 3.15. The molecule has 1 heterocycles. The van der Waals surface area contributed by atoms with Crippen LogP contribution < -0.4 is 10.6 Å². The molecule has 2 unspecified atom stereocenters. The summed E-state index contributed by atoms with van der Waals surface area (Å²) >= 11 is 1.83. The van der Waals surface area contributed by atoms with E-state index in [2.05, 4.69) is 41.8 Å². The number of halogens is 1. The van der Waals surface area contributed by atoms with Crippen molar-refractivity contribution >= 4 is 30.1 Å². The number of nitrogens with one attached hydrogen (secondary N) is 2. The average Bonchev–Trinajstić information content (AvgIpc) is 2.49. The van der Waals surface area contributed by atoms with Crippen molar-refractivity contribution in [1.82, 2.24) is 10.6 Å². The van der Waals surface area contributed by atoms with Gasteiger partial charge in [-0.3, -0.25) is 4.79 Å². The van der Waals surface area contributed by atoms with Crippen LogP contribution >= 0.6 is 24.2 Å². The molecule has 0 spiro atoms. The van der Waals surface area contributed by atoms with E-state index in [0.29, 0.717) is 0 Å². The zero-order valence-electron chi connectivity index (χ0n) is 12.7.